The lowest BCUT2D eigenvalue weighted by atomic mass is 10.1. The van der Waals surface area contributed by atoms with Gasteiger partial charge < -0.3 is 15.4 Å². The van der Waals surface area contributed by atoms with Crippen molar-refractivity contribution in [2.45, 2.75) is 45.6 Å². The van der Waals surface area contributed by atoms with E-state index < -0.39 is 0 Å². The Hall–Kier alpha value is -0.610. The minimum Gasteiger partial charge on any atom is -0.381 e. The molecule has 2 atom stereocenters. The normalized spacial score (nSPS) is 21.4. The van der Waals surface area contributed by atoms with Crippen LogP contribution in [0.4, 0.5) is 0 Å². The molecule has 0 aromatic heterocycles. The number of hydrogen-bond donors (Lipinski definition) is 2. The number of rotatable bonds is 8. The van der Waals surface area contributed by atoms with Crippen LogP contribution in [0.1, 0.15) is 39.5 Å². The minimum absolute atomic E-state index is 0.0887. The van der Waals surface area contributed by atoms with Crippen LogP contribution in [0.5, 0.6) is 0 Å². The largest absolute Gasteiger partial charge is 0.381 e. The van der Waals surface area contributed by atoms with E-state index in [1.165, 1.54) is 6.42 Å². The SMILES string of the molecule is CCCCNC(=O)C(C)NCCC1CCOC1. The van der Waals surface area contributed by atoms with E-state index in [2.05, 4.69) is 17.6 Å². The summed E-state index contributed by atoms with van der Waals surface area (Å²) in [4.78, 5) is 11.6. The molecular formula is C13H26N2O2. The standard InChI is InChI=1S/C13H26N2O2/c1-3-4-7-15-13(16)11(2)14-8-5-12-6-9-17-10-12/h11-12,14H,3-10H2,1-2H3,(H,15,16). The van der Waals surface area contributed by atoms with Gasteiger partial charge in [-0.05, 0) is 38.6 Å². The molecule has 17 heavy (non-hydrogen) atoms. The van der Waals surface area contributed by atoms with Gasteiger partial charge in [0.15, 0.2) is 0 Å². The quantitative estimate of drug-likeness (QED) is 0.631. The van der Waals surface area contributed by atoms with Crippen LogP contribution in [0.3, 0.4) is 0 Å². The van der Waals surface area contributed by atoms with E-state index in [1.807, 2.05) is 6.92 Å². The molecule has 0 saturated carbocycles. The smallest absolute Gasteiger partial charge is 0.236 e. The molecule has 1 fully saturated rings. The lowest BCUT2D eigenvalue weighted by molar-refractivity contribution is -0.122. The monoisotopic (exact) mass is 242 g/mol. The van der Waals surface area contributed by atoms with Crippen LogP contribution in [-0.4, -0.2) is 38.3 Å². The van der Waals surface area contributed by atoms with Crippen LogP contribution in [0, 0.1) is 5.92 Å². The zero-order valence-corrected chi connectivity index (χ0v) is 11.1. The molecule has 0 bridgehead atoms. The number of amides is 1. The van der Waals surface area contributed by atoms with Crippen LogP contribution < -0.4 is 10.6 Å². The summed E-state index contributed by atoms with van der Waals surface area (Å²) >= 11 is 0. The first kappa shape index (κ1) is 14.5. The molecule has 0 aromatic carbocycles. The fraction of sp³-hybridized carbons (Fsp3) is 0.923. The Bertz CT molecular complexity index is 215. The zero-order valence-electron chi connectivity index (χ0n) is 11.1. The molecular weight excluding hydrogens is 216 g/mol. The number of hydrogen-bond acceptors (Lipinski definition) is 3. The summed E-state index contributed by atoms with van der Waals surface area (Å²) < 4.78 is 5.32. The van der Waals surface area contributed by atoms with Gasteiger partial charge in [0.25, 0.3) is 0 Å². The van der Waals surface area contributed by atoms with Gasteiger partial charge in [0, 0.05) is 19.8 Å². The molecule has 1 saturated heterocycles. The second-order valence-electron chi connectivity index (χ2n) is 4.84. The highest BCUT2D eigenvalue weighted by molar-refractivity contribution is 5.81. The second kappa shape index (κ2) is 8.48. The van der Waals surface area contributed by atoms with Crippen LogP contribution in [0.15, 0.2) is 0 Å². The number of carbonyl (C=O) groups is 1. The number of nitrogens with one attached hydrogen (secondary N) is 2. The predicted molar refractivity (Wildman–Crippen MR) is 68.9 cm³/mol. The van der Waals surface area contributed by atoms with Gasteiger partial charge in [-0.15, -0.1) is 0 Å². The Morgan fingerprint density at radius 2 is 2.29 bits per heavy atom. The van der Waals surface area contributed by atoms with Crippen molar-refractivity contribution in [3.05, 3.63) is 0 Å². The van der Waals surface area contributed by atoms with E-state index in [4.69, 9.17) is 4.74 Å². The van der Waals surface area contributed by atoms with Gasteiger partial charge in [-0.3, -0.25) is 4.79 Å². The highest BCUT2D eigenvalue weighted by Gasteiger charge is 2.16. The number of ether oxygens (including phenoxy) is 1. The Kier molecular flexibility index (Phi) is 7.21. The Morgan fingerprint density at radius 3 is 2.94 bits per heavy atom. The highest BCUT2D eigenvalue weighted by Crippen LogP contribution is 2.15. The molecule has 2 unspecified atom stereocenters. The molecule has 1 aliphatic rings. The third-order valence-electron chi connectivity index (χ3n) is 3.25. The fourth-order valence-corrected chi connectivity index (χ4v) is 1.95. The lowest BCUT2D eigenvalue weighted by Crippen LogP contribution is -2.43. The van der Waals surface area contributed by atoms with E-state index in [-0.39, 0.29) is 11.9 Å². The van der Waals surface area contributed by atoms with Crippen molar-refractivity contribution in [1.82, 2.24) is 10.6 Å². The second-order valence-corrected chi connectivity index (χ2v) is 4.84. The van der Waals surface area contributed by atoms with Crippen molar-refractivity contribution < 1.29 is 9.53 Å². The molecule has 1 aliphatic heterocycles. The molecule has 1 rings (SSSR count). The first-order valence-electron chi connectivity index (χ1n) is 6.83. The van der Waals surface area contributed by atoms with Crippen molar-refractivity contribution in [2.24, 2.45) is 5.92 Å². The lowest BCUT2D eigenvalue weighted by Gasteiger charge is -2.15. The Labute approximate surface area is 104 Å². The number of carbonyl (C=O) groups excluding carboxylic acids is 1. The Balaban J connectivity index is 2.02. The average Bonchev–Trinajstić information content (AvgIpc) is 2.82. The summed E-state index contributed by atoms with van der Waals surface area (Å²) in [5, 5.41) is 6.20. The molecule has 4 nitrogen and oxygen atoms in total. The first-order valence-corrected chi connectivity index (χ1v) is 6.83. The van der Waals surface area contributed by atoms with E-state index in [0.29, 0.717) is 5.92 Å². The Morgan fingerprint density at radius 1 is 1.47 bits per heavy atom. The van der Waals surface area contributed by atoms with Gasteiger partial charge in [-0.2, -0.15) is 0 Å². The molecule has 0 radical (unpaired) electrons. The van der Waals surface area contributed by atoms with Crippen LogP contribution in [0.2, 0.25) is 0 Å². The maximum Gasteiger partial charge on any atom is 0.236 e. The van der Waals surface area contributed by atoms with Crippen LogP contribution in [0.25, 0.3) is 0 Å². The maximum atomic E-state index is 11.6. The third-order valence-corrected chi connectivity index (χ3v) is 3.25. The molecule has 4 heteroatoms. The zero-order chi connectivity index (χ0) is 12.5. The van der Waals surface area contributed by atoms with Crippen LogP contribution >= 0.6 is 0 Å². The maximum absolute atomic E-state index is 11.6. The van der Waals surface area contributed by atoms with Gasteiger partial charge in [0.2, 0.25) is 5.91 Å². The van der Waals surface area contributed by atoms with E-state index >= 15 is 0 Å². The van der Waals surface area contributed by atoms with Crippen molar-refractivity contribution in [3.8, 4) is 0 Å². The highest BCUT2D eigenvalue weighted by atomic mass is 16.5. The van der Waals surface area contributed by atoms with E-state index in [9.17, 15) is 4.79 Å². The molecule has 0 aliphatic carbocycles. The summed E-state index contributed by atoms with van der Waals surface area (Å²) in [7, 11) is 0. The van der Waals surface area contributed by atoms with E-state index in [1.54, 1.807) is 0 Å². The van der Waals surface area contributed by atoms with Gasteiger partial charge in [-0.25, -0.2) is 0 Å². The van der Waals surface area contributed by atoms with E-state index in [0.717, 1.165) is 45.6 Å². The molecule has 2 N–H and O–H groups in total. The van der Waals surface area contributed by atoms with Crippen molar-refractivity contribution in [3.63, 3.8) is 0 Å². The van der Waals surface area contributed by atoms with Crippen molar-refractivity contribution >= 4 is 5.91 Å². The first-order chi connectivity index (χ1) is 8.24. The molecule has 0 spiro atoms. The average molecular weight is 242 g/mol. The molecule has 1 amide bonds. The summed E-state index contributed by atoms with van der Waals surface area (Å²) in [5.74, 6) is 0.791. The van der Waals surface area contributed by atoms with Gasteiger partial charge in [0.05, 0.1) is 6.04 Å². The summed E-state index contributed by atoms with van der Waals surface area (Å²) in [6.07, 6.45) is 4.44. The number of unbranched alkanes of at least 4 members (excludes halogenated alkanes) is 1. The molecule has 100 valence electrons. The summed E-state index contributed by atoms with van der Waals surface area (Å²) in [6, 6.07) is -0.0887. The molecule has 0 aromatic rings. The third kappa shape index (κ3) is 6.03. The van der Waals surface area contributed by atoms with Gasteiger partial charge in [0.1, 0.15) is 0 Å². The van der Waals surface area contributed by atoms with Gasteiger partial charge >= 0.3 is 0 Å². The minimum atomic E-state index is -0.0887. The molecule has 1 heterocycles. The topological polar surface area (TPSA) is 50.4 Å². The summed E-state index contributed by atoms with van der Waals surface area (Å²) in [6.45, 7) is 7.52. The summed E-state index contributed by atoms with van der Waals surface area (Å²) in [5.41, 5.74) is 0. The van der Waals surface area contributed by atoms with Crippen molar-refractivity contribution in [1.29, 1.82) is 0 Å². The van der Waals surface area contributed by atoms with Crippen LogP contribution in [-0.2, 0) is 9.53 Å². The predicted octanol–water partition coefficient (Wildman–Crippen LogP) is 1.31. The van der Waals surface area contributed by atoms with Crippen molar-refractivity contribution in [2.75, 3.05) is 26.3 Å². The van der Waals surface area contributed by atoms with Gasteiger partial charge in [-0.1, -0.05) is 13.3 Å². The fourth-order valence-electron chi connectivity index (χ4n) is 1.95.